The molecule has 0 saturated heterocycles. The minimum Gasteiger partial charge on any atom is -0.294 e. The largest absolute Gasteiger partial charge is 0.294 e. The molecule has 0 heterocycles. The van der Waals surface area contributed by atoms with Crippen molar-refractivity contribution < 1.29 is 17.8 Å². The molecule has 2 aliphatic carbocycles. The third kappa shape index (κ3) is 1.99. The van der Waals surface area contributed by atoms with Gasteiger partial charge in [-0.3, -0.25) is 9.35 Å². The molecule has 0 aliphatic heterocycles. The van der Waals surface area contributed by atoms with Crippen LogP contribution >= 0.6 is 0 Å². The highest BCUT2D eigenvalue weighted by Gasteiger charge is 2.63. The first-order valence-electron chi connectivity index (χ1n) is 7.41. The van der Waals surface area contributed by atoms with Crippen molar-refractivity contribution in [2.24, 2.45) is 16.7 Å². The van der Waals surface area contributed by atoms with Crippen LogP contribution in [0.1, 0.15) is 39.2 Å². The van der Waals surface area contributed by atoms with Gasteiger partial charge in [0.15, 0.2) is 5.78 Å². The summed E-state index contributed by atoms with van der Waals surface area (Å²) in [4.78, 5) is 12.6. The summed E-state index contributed by atoms with van der Waals surface area (Å²) in [5.74, 6) is 0.471. The third-order valence-electron chi connectivity index (χ3n) is 5.87. The lowest BCUT2D eigenvalue weighted by Gasteiger charge is -2.31. The molecule has 1 aromatic carbocycles. The highest BCUT2D eigenvalue weighted by atomic mass is 32.2. The van der Waals surface area contributed by atoms with Crippen molar-refractivity contribution in [1.82, 2.24) is 0 Å². The Hall–Kier alpha value is -1.46. The summed E-state index contributed by atoms with van der Waals surface area (Å²) in [6, 6.07) is 5.94. The molecule has 0 spiro atoms. The summed E-state index contributed by atoms with van der Waals surface area (Å²) in [7, 11) is -4.18. The first-order valence-corrected chi connectivity index (χ1v) is 8.85. The quantitative estimate of drug-likeness (QED) is 0.670. The predicted octanol–water partition coefficient (Wildman–Crippen LogP) is 3.34. The monoisotopic (exact) mass is 320 g/mol. The van der Waals surface area contributed by atoms with Crippen LogP contribution in [-0.4, -0.2) is 18.8 Å². The molecule has 2 atom stereocenters. The van der Waals surface area contributed by atoms with E-state index < -0.39 is 10.1 Å². The van der Waals surface area contributed by atoms with Crippen LogP contribution in [0.3, 0.4) is 0 Å². The molecule has 1 unspecified atom stereocenters. The van der Waals surface area contributed by atoms with Gasteiger partial charge in [0, 0.05) is 5.41 Å². The number of allylic oxidation sites excluding steroid dienone is 1. The molecule has 22 heavy (non-hydrogen) atoms. The average molecular weight is 320 g/mol. The fraction of sp³-hybridized carbons (Fsp3) is 0.471. The second-order valence-electron chi connectivity index (χ2n) is 7.12. The highest BCUT2D eigenvalue weighted by molar-refractivity contribution is 7.85. The van der Waals surface area contributed by atoms with Crippen LogP contribution in [0.2, 0.25) is 0 Å². The van der Waals surface area contributed by atoms with E-state index in [4.69, 9.17) is 4.55 Å². The lowest BCUT2D eigenvalue weighted by molar-refractivity contribution is -0.125. The number of Topliss-reactive ketones (excluding diaryl/α,β-unsaturated/α-hetero) is 1. The van der Waals surface area contributed by atoms with Crippen molar-refractivity contribution in [3.05, 3.63) is 35.4 Å². The molecule has 0 aromatic heterocycles. The maximum absolute atomic E-state index is 12.7. The number of rotatable bonds is 2. The van der Waals surface area contributed by atoms with Crippen molar-refractivity contribution in [3.63, 3.8) is 0 Å². The predicted molar refractivity (Wildman–Crippen MR) is 83.9 cm³/mol. The van der Waals surface area contributed by atoms with Gasteiger partial charge in [-0.2, -0.15) is 8.42 Å². The van der Waals surface area contributed by atoms with Gasteiger partial charge < -0.3 is 0 Å². The van der Waals surface area contributed by atoms with E-state index in [1.165, 1.54) is 12.1 Å². The van der Waals surface area contributed by atoms with E-state index in [1.807, 2.05) is 6.08 Å². The molecule has 2 bridgehead atoms. The maximum Gasteiger partial charge on any atom is 0.294 e. The molecule has 5 heteroatoms. The molecular formula is C17H20O4S. The van der Waals surface area contributed by atoms with Gasteiger partial charge in [-0.1, -0.05) is 32.9 Å². The van der Waals surface area contributed by atoms with Crippen LogP contribution in [0.25, 0.3) is 6.08 Å². The lowest BCUT2D eigenvalue weighted by Crippen LogP contribution is -2.32. The minimum absolute atomic E-state index is 0.0374. The molecule has 2 aliphatic rings. The standard InChI is InChI=1S/C17H20O4S/c1-16(2)14-8-9-17(16,3)15(18)13(14)10-11-4-6-12(7-5-11)22(19,20)21/h4-7,10,14H,8-9H2,1-3H3,(H,19,20,21)/t14?,17-/m0/s1. The molecule has 0 amide bonds. The van der Waals surface area contributed by atoms with Crippen LogP contribution < -0.4 is 0 Å². The van der Waals surface area contributed by atoms with Crippen molar-refractivity contribution >= 4 is 22.0 Å². The fourth-order valence-electron chi connectivity index (χ4n) is 4.01. The molecule has 1 aromatic rings. The molecule has 2 saturated carbocycles. The lowest BCUT2D eigenvalue weighted by atomic mass is 9.70. The Bertz CT molecular complexity index is 771. The number of fused-ring (bicyclic) bond motifs is 2. The number of ketones is 1. The normalized spacial score (nSPS) is 31.9. The molecule has 2 fully saturated rings. The number of hydrogen-bond donors (Lipinski definition) is 1. The summed E-state index contributed by atoms with van der Waals surface area (Å²) >= 11 is 0. The summed E-state index contributed by atoms with van der Waals surface area (Å²) in [5, 5.41) is 0. The molecular weight excluding hydrogens is 300 g/mol. The van der Waals surface area contributed by atoms with Crippen molar-refractivity contribution in [2.45, 2.75) is 38.5 Å². The van der Waals surface area contributed by atoms with Gasteiger partial charge in [0.2, 0.25) is 0 Å². The fourth-order valence-corrected chi connectivity index (χ4v) is 4.49. The van der Waals surface area contributed by atoms with E-state index >= 15 is 0 Å². The summed E-state index contributed by atoms with van der Waals surface area (Å²) in [6.45, 7) is 6.37. The smallest absolute Gasteiger partial charge is 0.294 e. The Morgan fingerprint density at radius 1 is 1.18 bits per heavy atom. The van der Waals surface area contributed by atoms with E-state index in [-0.39, 0.29) is 27.4 Å². The van der Waals surface area contributed by atoms with E-state index in [2.05, 4.69) is 20.8 Å². The van der Waals surface area contributed by atoms with Crippen LogP contribution in [0.15, 0.2) is 34.7 Å². The van der Waals surface area contributed by atoms with Gasteiger partial charge in [-0.25, -0.2) is 0 Å². The number of benzene rings is 1. The topological polar surface area (TPSA) is 71.4 Å². The van der Waals surface area contributed by atoms with Gasteiger partial charge in [0.1, 0.15) is 0 Å². The van der Waals surface area contributed by atoms with Crippen molar-refractivity contribution in [1.29, 1.82) is 0 Å². The minimum atomic E-state index is -4.18. The van der Waals surface area contributed by atoms with E-state index in [9.17, 15) is 13.2 Å². The van der Waals surface area contributed by atoms with Crippen LogP contribution in [0.5, 0.6) is 0 Å². The maximum atomic E-state index is 12.7. The zero-order valence-corrected chi connectivity index (χ0v) is 13.8. The number of carbonyl (C=O) groups is 1. The molecule has 1 N–H and O–H groups in total. The van der Waals surface area contributed by atoms with Gasteiger partial charge >= 0.3 is 0 Å². The van der Waals surface area contributed by atoms with Gasteiger partial charge in [-0.05, 0) is 53.5 Å². The zero-order valence-electron chi connectivity index (χ0n) is 13.0. The van der Waals surface area contributed by atoms with E-state index in [0.29, 0.717) is 0 Å². The molecule has 3 rings (SSSR count). The first-order chi connectivity index (χ1) is 10.1. The zero-order chi connectivity index (χ0) is 16.3. The van der Waals surface area contributed by atoms with Crippen molar-refractivity contribution in [2.75, 3.05) is 0 Å². The van der Waals surface area contributed by atoms with Crippen LogP contribution in [0, 0.1) is 16.7 Å². The Labute approximate surface area is 131 Å². The van der Waals surface area contributed by atoms with Gasteiger partial charge in [0.25, 0.3) is 10.1 Å². The molecule has 4 nitrogen and oxygen atoms in total. The summed E-state index contributed by atoms with van der Waals surface area (Å²) in [5.41, 5.74) is 1.29. The Morgan fingerprint density at radius 2 is 1.77 bits per heavy atom. The van der Waals surface area contributed by atoms with E-state index in [1.54, 1.807) is 12.1 Å². The van der Waals surface area contributed by atoms with Crippen LogP contribution in [-0.2, 0) is 14.9 Å². The second-order valence-corrected chi connectivity index (χ2v) is 8.54. The Balaban J connectivity index is 1.99. The third-order valence-corrected chi connectivity index (χ3v) is 6.73. The Kier molecular flexibility index (Phi) is 3.17. The number of carbonyl (C=O) groups excluding carboxylic acids is 1. The Morgan fingerprint density at radius 3 is 2.23 bits per heavy atom. The van der Waals surface area contributed by atoms with E-state index in [0.717, 1.165) is 24.0 Å². The van der Waals surface area contributed by atoms with Gasteiger partial charge in [0.05, 0.1) is 4.90 Å². The average Bonchev–Trinajstić information content (AvgIpc) is 2.73. The SMILES string of the molecule is CC1(C)C2CC[C@@]1(C)C(=O)C2=Cc1ccc(S(=O)(=O)O)cc1. The summed E-state index contributed by atoms with van der Waals surface area (Å²) in [6.07, 6.45) is 3.82. The van der Waals surface area contributed by atoms with Crippen molar-refractivity contribution in [3.8, 4) is 0 Å². The highest BCUT2D eigenvalue weighted by Crippen LogP contribution is 2.65. The number of hydrogen-bond acceptors (Lipinski definition) is 3. The first kappa shape index (κ1) is 15.4. The van der Waals surface area contributed by atoms with Gasteiger partial charge in [-0.15, -0.1) is 0 Å². The molecule has 118 valence electrons. The summed E-state index contributed by atoms with van der Waals surface area (Å²) < 4.78 is 31.1. The second kappa shape index (κ2) is 4.52. The van der Waals surface area contributed by atoms with Crippen LogP contribution in [0.4, 0.5) is 0 Å². The molecule has 0 radical (unpaired) electrons.